The van der Waals surface area contributed by atoms with Gasteiger partial charge in [0.25, 0.3) is 5.56 Å². The van der Waals surface area contributed by atoms with Gasteiger partial charge < -0.3 is 20.1 Å². The Labute approximate surface area is 211 Å². The average molecular weight is 519 g/mol. The summed E-state index contributed by atoms with van der Waals surface area (Å²) in [6.07, 6.45) is 6.12. The number of benzene rings is 1. The van der Waals surface area contributed by atoms with Gasteiger partial charge in [0.15, 0.2) is 0 Å². The van der Waals surface area contributed by atoms with E-state index in [1.165, 1.54) is 30.0 Å². The second-order valence-electron chi connectivity index (χ2n) is 8.26. The van der Waals surface area contributed by atoms with Crippen molar-refractivity contribution in [3.63, 3.8) is 0 Å². The van der Waals surface area contributed by atoms with Gasteiger partial charge in [0, 0.05) is 23.9 Å². The molecule has 1 aliphatic rings. The molecule has 0 radical (unpaired) electrons. The summed E-state index contributed by atoms with van der Waals surface area (Å²) in [6, 6.07) is 3.16. The molecule has 0 atom stereocenters. The Morgan fingerprint density at radius 1 is 1.14 bits per heavy atom. The van der Waals surface area contributed by atoms with Gasteiger partial charge in [-0.2, -0.15) is 0 Å². The Balaban J connectivity index is 1.28. The number of thiophene rings is 1. The van der Waals surface area contributed by atoms with Crippen LogP contribution in [0.25, 0.3) is 10.2 Å². The number of amides is 2. The van der Waals surface area contributed by atoms with Crippen molar-refractivity contribution in [2.24, 2.45) is 0 Å². The summed E-state index contributed by atoms with van der Waals surface area (Å²) in [5.74, 6) is 0.320. The number of hydrogen-bond acceptors (Lipinski definition) is 7. The summed E-state index contributed by atoms with van der Waals surface area (Å²) in [4.78, 5) is 44.1. The van der Waals surface area contributed by atoms with Crippen molar-refractivity contribution in [1.82, 2.24) is 14.9 Å². The van der Waals surface area contributed by atoms with E-state index in [1.807, 2.05) is 0 Å². The zero-order valence-electron chi connectivity index (χ0n) is 19.6. The van der Waals surface area contributed by atoms with Gasteiger partial charge in [0.2, 0.25) is 11.8 Å². The van der Waals surface area contributed by atoms with Crippen LogP contribution >= 0.6 is 22.9 Å². The number of halogens is 1. The van der Waals surface area contributed by atoms with E-state index in [-0.39, 0.29) is 30.3 Å². The van der Waals surface area contributed by atoms with E-state index >= 15 is 0 Å². The maximum Gasteiger partial charge on any atom is 0.262 e. The molecule has 35 heavy (non-hydrogen) atoms. The number of aromatic nitrogens is 2. The average Bonchev–Trinajstić information content (AvgIpc) is 3.23. The van der Waals surface area contributed by atoms with Gasteiger partial charge in [0.1, 0.15) is 22.9 Å². The van der Waals surface area contributed by atoms with Crippen molar-refractivity contribution in [3.8, 4) is 11.5 Å². The molecule has 0 unspecified atom stereocenters. The minimum Gasteiger partial charge on any atom is -0.495 e. The lowest BCUT2D eigenvalue weighted by atomic mass is 9.97. The second kappa shape index (κ2) is 11.1. The molecule has 0 saturated carbocycles. The molecule has 9 nitrogen and oxygen atoms in total. The third kappa shape index (κ3) is 5.59. The Hall–Kier alpha value is -3.11. The number of carbonyl (C=O) groups excluding carboxylic acids is 2. The molecule has 0 bridgehead atoms. The van der Waals surface area contributed by atoms with Crippen molar-refractivity contribution in [2.75, 3.05) is 26.1 Å². The number of ether oxygens (including phenoxy) is 2. The first-order valence-electron chi connectivity index (χ1n) is 11.4. The number of rotatable bonds is 9. The van der Waals surface area contributed by atoms with Crippen LogP contribution in [0.3, 0.4) is 0 Å². The van der Waals surface area contributed by atoms with Crippen molar-refractivity contribution in [1.29, 1.82) is 0 Å². The van der Waals surface area contributed by atoms with E-state index in [2.05, 4.69) is 15.6 Å². The van der Waals surface area contributed by atoms with Crippen molar-refractivity contribution in [3.05, 3.63) is 44.3 Å². The fourth-order valence-electron chi connectivity index (χ4n) is 4.15. The molecule has 1 aliphatic carbocycles. The van der Waals surface area contributed by atoms with Gasteiger partial charge in [-0.25, -0.2) is 4.98 Å². The highest BCUT2D eigenvalue weighted by molar-refractivity contribution is 7.18. The maximum atomic E-state index is 13.0. The predicted octanol–water partition coefficient (Wildman–Crippen LogP) is 3.54. The molecule has 0 aliphatic heterocycles. The molecule has 0 fully saturated rings. The Kier molecular flexibility index (Phi) is 7.92. The molecular weight excluding hydrogens is 492 g/mol. The summed E-state index contributed by atoms with van der Waals surface area (Å²) in [7, 11) is 2.98. The summed E-state index contributed by atoms with van der Waals surface area (Å²) in [5.41, 5.74) is 1.37. The van der Waals surface area contributed by atoms with E-state index in [1.54, 1.807) is 23.5 Å². The summed E-state index contributed by atoms with van der Waals surface area (Å²) in [6.45, 7) is 0.186. The fourth-order valence-corrected chi connectivity index (χ4v) is 5.61. The molecule has 11 heteroatoms. The zero-order valence-corrected chi connectivity index (χ0v) is 21.2. The van der Waals surface area contributed by atoms with Gasteiger partial charge in [0.05, 0.1) is 36.6 Å². The first kappa shape index (κ1) is 25.0. The van der Waals surface area contributed by atoms with Crippen LogP contribution in [0, 0.1) is 0 Å². The number of methoxy groups -OCH3 is 2. The van der Waals surface area contributed by atoms with Crippen LogP contribution in [-0.4, -0.2) is 42.1 Å². The van der Waals surface area contributed by atoms with Gasteiger partial charge in [-0.3, -0.25) is 19.0 Å². The fraction of sp³-hybridized carbons (Fsp3) is 0.417. The summed E-state index contributed by atoms with van der Waals surface area (Å²) in [5, 5.41) is 6.53. The second-order valence-corrected chi connectivity index (χ2v) is 9.75. The van der Waals surface area contributed by atoms with E-state index < -0.39 is 0 Å². The molecule has 1 aromatic carbocycles. The monoisotopic (exact) mass is 518 g/mol. The number of hydrogen-bond donors (Lipinski definition) is 2. The standard InChI is InChI=1S/C24H27ClN4O5S/c1-33-17-11-18(34-2)16(10-15(17)25)28-20(30)8-5-9-26-21(31)12-29-13-27-23-22(24(29)32)14-6-3-4-7-19(14)35-23/h10-11,13H,3-9,12H2,1-2H3,(H,26,31)(H,28,30). The first-order valence-corrected chi connectivity index (χ1v) is 12.6. The Bertz CT molecular complexity index is 1320. The van der Waals surface area contributed by atoms with E-state index in [4.69, 9.17) is 21.1 Å². The largest absolute Gasteiger partial charge is 0.495 e. The SMILES string of the molecule is COc1cc(OC)c(NC(=O)CCCNC(=O)Cn2cnc3sc4c(c3c2=O)CCCC4)cc1Cl. The third-order valence-corrected chi connectivity index (χ3v) is 7.40. The first-order chi connectivity index (χ1) is 16.9. The van der Waals surface area contributed by atoms with Gasteiger partial charge in [-0.1, -0.05) is 11.6 Å². The number of nitrogens with zero attached hydrogens (tertiary/aromatic N) is 2. The van der Waals surface area contributed by atoms with E-state index in [0.717, 1.165) is 36.1 Å². The molecule has 2 aromatic heterocycles. The minimum atomic E-state index is -0.304. The highest BCUT2D eigenvalue weighted by Gasteiger charge is 2.20. The highest BCUT2D eigenvalue weighted by atomic mass is 35.5. The van der Waals surface area contributed by atoms with Crippen LogP contribution in [0.15, 0.2) is 23.3 Å². The molecular formula is C24H27ClN4O5S. The molecule has 3 aromatic rings. The molecule has 2 N–H and O–H groups in total. The van der Waals surface area contributed by atoms with Gasteiger partial charge in [-0.05, 0) is 43.7 Å². The van der Waals surface area contributed by atoms with Crippen LogP contribution in [0.2, 0.25) is 5.02 Å². The van der Waals surface area contributed by atoms with Crippen LogP contribution < -0.4 is 25.7 Å². The molecule has 2 heterocycles. The summed E-state index contributed by atoms with van der Waals surface area (Å²) < 4.78 is 11.8. The number of carbonyl (C=O) groups is 2. The highest BCUT2D eigenvalue weighted by Crippen LogP contribution is 2.36. The maximum absolute atomic E-state index is 13.0. The molecule has 4 rings (SSSR count). The van der Waals surface area contributed by atoms with Crippen molar-refractivity contribution >= 4 is 50.7 Å². The normalized spacial score (nSPS) is 12.8. The smallest absolute Gasteiger partial charge is 0.262 e. The quantitative estimate of drug-likeness (QED) is 0.419. The Morgan fingerprint density at radius 2 is 1.91 bits per heavy atom. The van der Waals surface area contributed by atoms with Crippen LogP contribution in [-0.2, 0) is 29.0 Å². The molecule has 186 valence electrons. The van der Waals surface area contributed by atoms with Crippen LogP contribution in [0.4, 0.5) is 5.69 Å². The lowest BCUT2D eigenvalue weighted by Gasteiger charge is -2.13. The topological polar surface area (TPSA) is 112 Å². The van der Waals surface area contributed by atoms with Crippen molar-refractivity contribution in [2.45, 2.75) is 45.1 Å². The third-order valence-electron chi connectivity index (χ3n) is 5.91. The molecule has 0 saturated heterocycles. The lowest BCUT2D eigenvalue weighted by molar-refractivity contribution is -0.122. The summed E-state index contributed by atoms with van der Waals surface area (Å²) >= 11 is 7.72. The van der Waals surface area contributed by atoms with E-state index in [0.29, 0.717) is 40.6 Å². The lowest BCUT2D eigenvalue weighted by Crippen LogP contribution is -2.33. The molecule has 2 amide bonds. The number of nitrogens with one attached hydrogen (secondary N) is 2. The number of anilines is 1. The van der Waals surface area contributed by atoms with Crippen LogP contribution in [0.5, 0.6) is 11.5 Å². The number of fused-ring (bicyclic) bond motifs is 3. The van der Waals surface area contributed by atoms with Gasteiger partial charge >= 0.3 is 0 Å². The molecule has 0 spiro atoms. The zero-order chi connectivity index (χ0) is 24.9. The van der Waals surface area contributed by atoms with Gasteiger partial charge in [-0.15, -0.1) is 11.3 Å². The number of aryl methyl sites for hydroxylation is 2. The minimum absolute atomic E-state index is 0.111. The Morgan fingerprint density at radius 3 is 2.69 bits per heavy atom. The van der Waals surface area contributed by atoms with Crippen molar-refractivity contribution < 1.29 is 19.1 Å². The van der Waals surface area contributed by atoms with E-state index in [9.17, 15) is 14.4 Å². The predicted molar refractivity (Wildman–Crippen MR) is 136 cm³/mol. The van der Waals surface area contributed by atoms with Crippen LogP contribution in [0.1, 0.15) is 36.1 Å².